The van der Waals surface area contributed by atoms with Crippen LogP contribution < -0.4 is 5.32 Å². The summed E-state index contributed by atoms with van der Waals surface area (Å²) >= 11 is 0. The predicted molar refractivity (Wildman–Crippen MR) is 68.5 cm³/mol. The lowest BCUT2D eigenvalue weighted by Gasteiger charge is -2.17. The van der Waals surface area contributed by atoms with E-state index in [1.807, 2.05) is 6.92 Å². The normalized spacial score (nSPS) is 12.4. The molecule has 0 aliphatic heterocycles. The molecule has 5 heteroatoms. The molecule has 2 rings (SSSR count). The van der Waals surface area contributed by atoms with Gasteiger partial charge in [0.05, 0.1) is 6.04 Å². The molecule has 3 nitrogen and oxygen atoms in total. The van der Waals surface area contributed by atoms with Gasteiger partial charge in [-0.1, -0.05) is 13.0 Å². The van der Waals surface area contributed by atoms with Crippen molar-refractivity contribution < 1.29 is 8.78 Å². The second-order valence-corrected chi connectivity index (χ2v) is 4.17. The minimum absolute atomic E-state index is 0.337. The molecule has 0 amide bonds. The Bertz CT molecular complexity index is 531. The molecule has 100 valence electrons. The van der Waals surface area contributed by atoms with E-state index < -0.39 is 11.6 Å². The first kappa shape index (κ1) is 13.5. The van der Waals surface area contributed by atoms with E-state index in [4.69, 9.17) is 0 Å². The Labute approximate surface area is 110 Å². The molecule has 19 heavy (non-hydrogen) atoms. The van der Waals surface area contributed by atoms with Gasteiger partial charge in [-0.25, -0.2) is 18.7 Å². The van der Waals surface area contributed by atoms with Crippen LogP contribution in [0.15, 0.2) is 36.7 Å². The van der Waals surface area contributed by atoms with Crippen LogP contribution in [0.2, 0.25) is 0 Å². The largest absolute Gasteiger partial charge is 0.304 e. The number of aromatic nitrogens is 2. The molecule has 0 saturated carbocycles. The molecule has 0 aliphatic rings. The Hall–Kier alpha value is -1.88. The van der Waals surface area contributed by atoms with Crippen molar-refractivity contribution in [2.24, 2.45) is 0 Å². The number of benzene rings is 1. The van der Waals surface area contributed by atoms with Gasteiger partial charge in [-0.3, -0.25) is 0 Å². The Morgan fingerprint density at radius 2 is 1.89 bits per heavy atom. The summed E-state index contributed by atoms with van der Waals surface area (Å²) in [5.74, 6) is -1.18. The van der Waals surface area contributed by atoms with Crippen molar-refractivity contribution >= 4 is 0 Å². The van der Waals surface area contributed by atoms with Crippen molar-refractivity contribution in [2.75, 3.05) is 6.54 Å². The fourth-order valence-corrected chi connectivity index (χ4v) is 1.80. The second-order valence-electron chi connectivity index (χ2n) is 4.17. The zero-order valence-corrected chi connectivity index (χ0v) is 10.6. The Morgan fingerprint density at radius 3 is 2.53 bits per heavy atom. The predicted octanol–water partition coefficient (Wildman–Crippen LogP) is 2.84. The Morgan fingerprint density at radius 1 is 1.16 bits per heavy atom. The molecule has 0 aliphatic carbocycles. The average Bonchev–Trinajstić information content (AvgIpc) is 2.44. The standard InChI is InChI=1S/C14H15F2N3/c1-2-6-17-13(14-18-7-3-8-19-14)10-4-5-11(15)12(16)9-10/h3-5,7-9,13,17H,2,6H2,1H3. The van der Waals surface area contributed by atoms with Crippen molar-refractivity contribution in [1.29, 1.82) is 0 Å². The molecule has 1 atom stereocenters. The SMILES string of the molecule is CCCNC(c1ccc(F)c(F)c1)c1ncccn1. The van der Waals surface area contributed by atoms with Gasteiger partial charge in [-0.05, 0) is 36.7 Å². The molecule has 1 heterocycles. The minimum atomic E-state index is -0.864. The first-order chi connectivity index (χ1) is 9.22. The van der Waals surface area contributed by atoms with E-state index in [1.165, 1.54) is 6.07 Å². The summed E-state index contributed by atoms with van der Waals surface area (Å²) in [6.07, 6.45) is 4.18. The zero-order chi connectivity index (χ0) is 13.7. The summed E-state index contributed by atoms with van der Waals surface area (Å²) < 4.78 is 26.3. The van der Waals surface area contributed by atoms with Crippen LogP contribution >= 0.6 is 0 Å². The zero-order valence-electron chi connectivity index (χ0n) is 10.6. The second kappa shape index (κ2) is 6.33. The van der Waals surface area contributed by atoms with E-state index in [0.29, 0.717) is 11.4 Å². The maximum atomic E-state index is 13.3. The van der Waals surface area contributed by atoms with Gasteiger partial charge in [-0.2, -0.15) is 0 Å². The van der Waals surface area contributed by atoms with Crippen molar-refractivity contribution in [2.45, 2.75) is 19.4 Å². The minimum Gasteiger partial charge on any atom is -0.304 e. The molecular weight excluding hydrogens is 248 g/mol. The van der Waals surface area contributed by atoms with Gasteiger partial charge in [0.2, 0.25) is 0 Å². The molecule has 0 fully saturated rings. The van der Waals surface area contributed by atoms with Crippen LogP contribution in [0.4, 0.5) is 8.78 Å². The number of nitrogens with zero attached hydrogens (tertiary/aromatic N) is 2. The van der Waals surface area contributed by atoms with E-state index in [0.717, 1.165) is 19.0 Å². The highest BCUT2D eigenvalue weighted by atomic mass is 19.2. The maximum Gasteiger partial charge on any atom is 0.159 e. The topological polar surface area (TPSA) is 37.8 Å². The number of hydrogen-bond donors (Lipinski definition) is 1. The van der Waals surface area contributed by atoms with Gasteiger partial charge in [-0.15, -0.1) is 0 Å². The lowest BCUT2D eigenvalue weighted by molar-refractivity contribution is 0.501. The van der Waals surface area contributed by atoms with Gasteiger partial charge in [0, 0.05) is 12.4 Å². The molecule has 0 bridgehead atoms. The van der Waals surface area contributed by atoms with Gasteiger partial charge >= 0.3 is 0 Å². The summed E-state index contributed by atoms with van der Waals surface area (Å²) in [5, 5.41) is 3.23. The first-order valence-electron chi connectivity index (χ1n) is 6.17. The van der Waals surface area contributed by atoms with Crippen LogP contribution in [0.1, 0.15) is 30.8 Å². The van der Waals surface area contributed by atoms with Crippen LogP contribution in [0.3, 0.4) is 0 Å². The number of rotatable bonds is 5. The van der Waals surface area contributed by atoms with E-state index in [-0.39, 0.29) is 6.04 Å². The summed E-state index contributed by atoms with van der Waals surface area (Å²) in [5.41, 5.74) is 0.610. The fourth-order valence-electron chi connectivity index (χ4n) is 1.80. The summed E-state index contributed by atoms with van der Waals surface area (Å²) in [6.45, 7) is 2.77. The fraction of sp³-hybridized carbons (Fsp3) is 0.286. The van der Waals surface area contributed by atoms with E-state index in [2.05, 4.69) is 15.3 Å². The smallest absolute Gasteiger partial charge is 0.159 e. The summed E-state index contributed by atoms with van der Waals surface area (Å²) in [4.78, 5) is 8.34. The third kappa shape index (κ3) is 3.32. The molecule has 1 aromatic heterocycles. The molecule has 2 aromatic rings. The summed E-state index contributed by atoms with van der Waals surface area (Å²) in [6, 6.07) is 5.22. The Balaban J connectivity index is 2.34. The molecule has 0 radical (unpaired) electrons. The molecule has 1 aromatic carbocycles. The molecule has 0 spiro atoms. The lowest BCUT2D eigenvalue weighted by Crippen LogP contribution is -2.25. The average molecular weight is 263 g/mol. The van der Waals surface area contributed by atoms with Crippen molar-refractivity contribution in [3.05, 3.63) is 59.7 Å². The lowest BCUT2D eigenvalue weighted by atomic mass is 10.1. The quantitative estimate of drug-likeness (QED) is 0.901. The van der Waals surface area contributed by atoms with Crippen LogP contribution in [0.25, 0.3) is 0 Å². The van der Waals surface area contributed by atoms with Crippen LogP contribution in [0, 0.1) is 11.6 Å². The van der Waals surface area contributed by atoms with E-state index in [9.17, 15) is 8.78 Å². The van der Waals surface area contributed by atoms with Crippen LogP contribution in [-0.2, 0) is 0 Å². The Kier molecular flexibility index (Phi) is 4.52. The van der Waals surface area contributed by atoms with Crippen LogP contribution in [0.5, 0.6) is 0 Å². The molecular formula is C14H15F2N3. The number of nitrogens with one attached hydrogen (secondary N) is 1. The first-order valence-corrected chi connectivity index (χ1v) is 6.17. The van der Waals surface area contributed by atoms with Crippen LogP contribution in [-0.4, -0.2) is 16.5 Å². The highest BCUT2D eigenvalue weighted by molar-refractivity contribution is 5.26. The maximum absolute atomic E-state index is 13.3. The third-order valence-electron chi connectivity index (χ3n) is 2.72. The van der Waals surface area contributed by atoms with Crippen molar-refractivity contribution in [1.82, 2.24) is 15.3 Å². The van der Waals surface area contributed by atoms with Gasteiger partial charge < -0.3 is 5.32 Å². The highest BCUT2D eigenvalue weighted by Crippen LogP contribution is 2.20. The van der Waals surface area contributed by atoms with Crippen molar-refractivity contribution in [3.63, 3.8) is 0 Å². The number of halogens is 2. The monoisotopic (exact) mass is 263 g/mol. The van der Waals surface area contributed by atoms with E-state index in [1.54, 1.807) is 24.5 Å². The van der Waals surface area contributed by atoms with Crippen molar-refractivity contribution in [3.8, 4) is 0 Å². The van der Waals surface area contributed by atoms with Gasteiger partial charge in [0.15, 0.2) is 11.6 Å². The highest BCUT2D eigenvalue weighted by Gasteiger charge is 2.17. The van der Waals surface area contributed by atoms with Gasteiger partial charge in [0.25, 0.3) is 0 Å². The third-order valence-corrected chi connectivity index (χ3v) is 2.72. The van der Waals surface area contributed by atoms with E-state index >= 15 is 0 Å². The number of hydrogen-bond acceptors (Lipinski definition) is 3. The summed E-state index contributed by atoms with van der Waals surface area (Å²) in [7, 11) is 0. The van der Waals surface area contributed by atoms with Gasteiger partial charge in [0.1, 0.15) is 5.82 Å². The molecule has 1 unspecified atom stereocenters. The molecule has 1 N–H and O–H groups in total. The molecule has 0 saturated heterocycles.